The number of rotatable bonds is 5. The van der Waals surface area contributed by atoms with Gasteiger partial charge in [-0.1, -0.05) is 0 Å². The van der Waals surface area contributed by atoms with Gasteiger partial charge in [-0.25, -0.2) is 4.79 Å². The number of hydrogen-bond acceptors (Lipinski definition) is 4. The van der Waals surface area contributed by atoms with Crippen molar-refractivity contribution in [2.45, 2.75) is 45.8 Å². The molecular formula is C17H29IN4O3. The van der Waals surface area contributed by atoms with E-state index in [1.165, 1.54) is 0 Å². The van der Waals surface area contributed by atoms with Crippen molar-refractivity contribution in [1.29, 1.82) is 0 Å². The monoisotopic (exact) mass is 464 g/mol. The van der Waals surface area contributed by atoms with Crippen molar-refractivity contribution >= 4 is 36.0 Å². The molecule has 0 atom stereocenters. The summed E-state index contributed by atoms with van der Waals surface area (Å²) in [4.78, 5) is 18.2. The number of likely N-dealkylation sites (tertiary alicyclic amines) is 1. The molecule has 142 valence electrons. The molecule has 2 heterocycles. The summed E-state index contributed by atoms with van der Waals surface area (Å²) in [6.07, 6.45) is 2.17. The van der Waals surface area contributed by atoms with E-state index in [4.69, 9.17) is 9.15 Å². The first-order valence-electron chi connectivity index (χ1n) is 8.42. The lowest BCUT2D eigenvalue weighted by Crippen LogP contribution is -2.63. The summed E-state index contributed by atoms with van der Waals surface area (Å²) < 4.78 is 10.7. The van der Waals surface area contributed by atoms with Crippen molar-refractivity contribution in [2.24, 2.45) is 4.99 Å². The molecule has 1 aromatic rings. The Balaban J connectivity index is 0.00000312. The van der Waals surface area contributed by atoms with Crippen LogP contribution in [0.5, 0.6) is 0 Å². The molecule has 1 amide bonds. The Labute approximate surface area is 166 Å². The number of aliphatic imine (C=N–C) groups is 1. The van der Waals surface area contributed by atoms with E-state index in [0.29, 0.717) is 19.6 Å². The zero-order valence-electron chi connectivity index (χ0n) is 15.4. The van der Waals surface area contributed by atoms with Crippen LogP contribution >= 0.6 is 24.0 Å². The highest BCUT2D eigenvalue weighted by Crippen LogP contribution is 2.15. The number of nitrogens with zero attached hydrogens (tertiary/aromatic N) is 2. The average molecular weight is 464 g/mol. The Morgan fingerprint density at radius 1 is 1.44 bits per heavy atom. The normalized spacial score (nSPS) is 15.2. The van der Waals surface area contributed by atoms with Crippen LogP contribution in [-0.2, 0) is 11.2 Å². The van der Waals surface area contributed by atoms with E-state index < -0.39 is 5.60 Å². The Morgan fingerprint density at radius 2 is 2.16 bits per heavy atom. The molecule has 0 radical (unpaired) electrons. The maximum atomic E-state index is 11.9. The number of ether oxygens (including phenoxy) is 1. The van der Waals surface area contributed by atoms with Crippen molar-refractivity contribution < 1.29 is 13.9 Å². The van der Waals surface area contributed by atoms with Crippen molar-refractivity contribution in [1.82, 2.24) is 15.5 Å². The lowest BCUT2D eigenvalue weighted by atomic mass is 10.1. The van der Waals surface area contributed by atoms with Gasteiger partial charge in [-0.2, -0.15) is 0 Å². The number of halogens is 1. The lowest BCUT2D eigenvalue weighted by Gasteiger charge is -2.40. The van der Waals surface area contributed by atoms with Crippen LogP contribution in [-0.4, -0.2) is 54.8 Å². The predicted octanol–water partition coefficient (Wildman–Crippen LogP) is 2.61. The SMILES string of the molecule is CCNC(=NCCc1ccco1)NC1CN(C(=O)OC(C)(C)C)C1.I. The summed E-state index contributed by atoms with van der Waals surface area (Å²) in [5.41, 5.74) is -0.460. The van der Waals surface area contributed by atoms with Crippen LogP contribution in [0.15, 0.2) is 27.8 Å². The Hall–Kier alpha value is -1.45. The molecular weight excluding hydrogens is 435 g/mol. The summed E-state index contributed by atoms with van der Waals surface area (Å²) >= 11 is 0. The molecule has 0 spiro atoms. The zero-order valence-corrected chi connectivity index (χ0v) is 17.7. The fraction of sp³-hybridized carbons (Fsp3) is 0.647. The smallest absolute Gasteiger partial charge is 0.410 e. The molecule has 0 bridgehead atoms. The van der Waals surface area contributed by atoms with E-state index in [0.717, 1.165) is 24.7 Å². The maximum Gasteiger partial charge on any atom is 0.410 e. The Morgan fingerprint density at radius 3 is 2.72 bits per heavy atom. The van der Waals surface area contributed by atoms with Gasteiger partial charge in [-0.3, -0.25) is 4.99 Å². The lowest BCUT2D eigenvalue weighted by molar-refractivity contribution is 0.00701. The van der Waals surface area contributed by atoms with E-state index in [-0.39, 0.29) is 36.1 Å². The third-order valence-corrected chi connectivity index (χ3v) is 3.43. The first-order valence-corrected chi connectivity index (χ1v) is 8.42. The molecule has 1 aliphatic heterocycles. The van der Waals surface area contributed by atoms with Gasteiger partial charge in [-0.05, 0) is 39.8 Å². The molecule has 0 aromatic carbocycles. The molecule has 1 aliphatic rings. The molecule has 7 nitrogen and oxygen atoms in total. The predicted molar refractivity (Wildman–Crippen MR) is 109 cm³/mol. The number of carbonyl (C=O) groups is 1. The highest BCUT2D eigenvalue weighted by molar-refractivity contribution is 14.0. The van der Waals surface area contributed by atoms with Gasteiger partial charge in [0.25, 0.3) is 0 Å². The van der Waals surface area contributed by atoms with Crippen molar-refractivity contribution in [2.75, 3.05) is 26.2 Å². The van der Waals surface area contributed by atoms with Crippen LogP contribution in [0.4, 0.5) is 4.79 Å². The molecule has 25 heavy (non-hydrogen) atoms. The third-order valence-electron chi connectivity index (χ3n) is 3.43. The molecule has 1 aromatic heterocycles. The number of guanidine groups is 1. The molecule has 2 N–H and O–H groups in total. The summed E-state index contributed by atoms with van der Waals surface area (Å²) in [5, 5.41) is 6.56. The van der Waals surface area contributed by atoms with Gasteiger partial charge in [0, 0.05) is 32.6 Å². The van der Waals surface area contributed by atoms with E-state index in [1.54, 1.807) is 11.2 Å². The fourth-order valence-electron chi connectivity index (χ4n) is 2.29. The summed E-state index contributed by atoms with van der Waals surface area (Å²) in [6.45, 7) is 10.3. The van der Waals surface area contributed by atoms with Gasteiger partial charge < -0.3 is 24.7 Å². The summed E-state index contributed by atoms with van der Waals surface area (Å²) in [5.74, 6) is 1.69. The number of hydrogen-bond donors (Lipinski definition) is 2. The topological polar surface area (TPSA) is 79.1 Å². The van der Waals surface area contributed by atoms with Gasteiger partial charge in [0.1, 0.15) is 11.4 Å². The molecule has 0 aliphatic carbocycles. The van der Waals surface area contributed by atoms with Crippen LogP contribution in [0.2, 0.25) is 0 Å². The third kappa shape index (κ3) is 7.54. The Kier molecular flexibility index (Phi) is 8.54. The van der Waals surface area contributed by atoms with Crippen molar-refractivity contribution in [3.05, 3.63) is 24.2 Å². The van der Waals surface area contributed by atoms with Crippen LogP contribution in [0.3, 0.4) is 0 Å². The Bertz CT molecular complexity index is 549. The molecule has 1 fully saturated rings. The van der Waals surface area contributed by atoms with E-state index in [9.17, 15) is 4.79 Å². The van der Waals surface area contributed by atoms with E-state index in [2.05, 4.69) is 15.6 Å². The number of amides is 1. The second-order valence-electron chi connectivity index (χ2n) is 6.82. The standard InChI is InChI=1S/C17H28N4O3.HI/c1-5-18-15(19-9-8-14-7-6-10-23-14)20-13-11-21(12-13)16(22)24-17(2,3)4;/h6-7,10,13H,5,8-9,11-12H2,1-4H3,(H2,18,19,20);1H. The minimum absolute atomic E-state index is 0. The van der Waals surface area contributed by atoms with Gasteiger partial charge >= 0.3 is 6.09 Å². The number of nitrogens with one attached hydrogen (secondary N) is 2. The second kappa shape index (κ2) is 9.88. The molecule has 0 unspecified atom stereocenters. The first kappa shape index (κ1) is 21.6. The molecule has 1 saturated heterocycles. The molecule has 8 heteroatoms. The van der Waals surface area contributed by atoms with Crippen LogP contribution < -0.4 is 10.6 Å². The van der Waals surface area contributed by atoms with Gasteiger partial charge in [0.15, 0.2) is 5.96 Å². The highest BCUT2D eigenvalue weighted by atomic mass is 127. The summed E-state index contributed by atoms with van der Waals surface area (Å²) in [7, 11) is 0. The van der Waals surface area contributed by atoms with Gasteiger partial charge in [0.2, 0.25) is 0 Å². The molecule has 2 rings (SSSR count). The average Bonchev–Trinajstić information content (AvgIpc) is 2.93. The highest BCUT2D eigenvalue weighted by Gasteiger charge is 2.34. The minimum atomic E-state index is -0.460. The van der Waals surface area contributed by atoms with Gasteiger partial charge in [0.05, 0.1) is 12.3 Å². The van der Waals surface area contributed by atoms with E-state index >= 15 is 0 Å². The maximum absolute atomic E-state index is 11.9. The van der Waals surface area contributed by atoms with Crippen LogP contribution in [0.25, 0.3) is 0 Å². The second-order valence-corrected chi connectivity index (χ2v) is 6.82. The largest absolute Gasteiger partial charge is 0.469 e. The van der Waals surface area contributed by atoms with E-state index in [1.807, 2.05) is 39.8 Å². The number of carbonyl (C=O) groups excluding carboxylic acids is 1. The zero-order chi connectivity index (χ0) is 17.6. The quantitative estimate of drug-likeness (QED) is 0.398. The summed E-state index contributed by atoms with van der Waals surface area (Å²) in [6, 6.07) is 4.02. The number of furan rings is 1. The van der Waals surface area contributed by atoms with Crippen molar-refractivity contribution in [3.8, 4) is 0 Å². The molecule has 0 saturated carbocycles. The fourth-order valence-corrected chi connectivity index (χ4v) is 2.29. The van der Waals surface area contributed by atoms with Crippen LogP contribution in [0.1, 0.15) is 33.5 Å². The first-order chi connectivity index (χ1) is 11.4. The minimum Gasteiger partial charge on any atom is -0.469 e. The van der Waals surface area contributed by atoms with Crippen molar-refractivity contribution in [3.63, 3.8) is 0 Å². The van der Waals surface area contributed by atoms with Crippen LogP contribution in [0, 0.1) is 0 Å². The van der Waals surface area contributed by atoms with Gasteiger partial charge in [-0.15, -0.1) is 24.0 Å².